The fourth-order valence-electron chi connectivity index (χ4n) is 3.17. The molecule has 1 aromatic carbocycles. The molecule has 10 heteroatoms. The molecule has 3 unspecified atom stereocenters. The van der Waals surface area contributed by atoms with Gasteiger partial charge in [0.25, 0.3) is 0 Å². The van der Waals surface area contributed by atoms with E-state index in [9.17, 15) is 22.7 Å². The number of hydrogen-bond acceptors (Lipinski definition) is 5. The Morgan fingerprint density at radius 1 is 1.37 bits per heavy atom. The molecule has 1 N–H and O–H groups in total. The van der Waals surface area contributed by atoms with E-state index in [0.29, 0.717) is 0 Å². The minimum absolute atomic E-state index is 0.0977. The monoisotopic (exact) mass is 397 g/mol. The average Bonchev–Trinajstić information content (AvgIpc) is 2.99. The van der Waals surface area contributed by atoms with Gasteiger partial charge in [0, 0.05) is 12.7 Å². The van der Waals surface area contributed by atoms with Gasteiger partial charge >= 0.3 is 5.97 Å². The summed E-state index contributed by atoms with van der Waals surface area (Å²) >= 11 is 0. The number of carbonyl (C=O) groups is 1. The smallest absolute Gasteiger partial charge is 0.324 e. The third-order valence-electron chi connectivity index (χ3n) is 4.38. The molecule has 146 valence electrons. The normalized spacial score (nSPS) is 24.1. The number of aromatic nitrogens is 2. The van der Waals surface area contributed by atoms with Crippen molar-refractivity contribution in [2.45, 2.75) is 43.9 Å². The lowest BCUT2D eigenvalue weighted by atomic mass is 10.1. The second-order valence-electron chi connectivity index (χ2n) is 6.59. The largest absolute Gasteiger partial charge is 0.480 e. The van der Waals surface area contributed by atoms with Crippen LogP contribution in [0.4, 0.5) is 4.39 Å². The maximum atomic E-state index is 14.6. The number of carboxylic acid groups (broad SMARTS) is 1. The van der Waals surface area contributed by atoms with Gasteiger partial charge in [-0.1, -0.05) is 0 Å². The van der Waals surface area contributed by atoms with Crippen LogP contribution < -0.4 is 0 Å². The fraction of sp³-hybridized carbons (Fsp3) is 0.412. The summed E-state index contributed by atoms with van der Waals surface area (Å²) in [5.41, 5.74) is 0.923. The van der Waals surface area contributed by atoms with Crippen LogP contribution in [0.1, 0.15) is 19.4 Å². The average molecular weight is 397 g/mol. The van der Waals surface area contributed by atoms with Crippen molar-refractivity contribution in [3.63, 3.8) is 0 Å². The number of morpholine rings is 1. The minimum atomic E-state index is -4.24. The van der Waals surface area contributed by atoms with E-state index in [1.165, 1.54) is 23.7 Å². The lowest BCUT2D eigenvalue weighted by molar-refractivity contribution is -0.155. The number of ether oxygens (including phenoxy) is 1. The topological polar surface area (TPSA) is 102 Å². The van der Waals surface area contributed by atoms with Gasteiger partial charge in [0.1, 0.15) is 17.5 Å². The summed E-state index contributed by atoms with van der Waals surface area (Å²) in [6, 6.07) is 2.04. The Morgan fingerprint density at radius 2 is 2.07 bits per heavy atom. The molecule has 1 aromatic heterocycles. The van der Waals surface area contributed by atoms with Crippen LogP contribution in [0.2, 0.25) is 0 Å². The van der Waals surface area contributed by atoms with Crippen LogP contribution in [0.5, 0.6) is 0 Å². The van der Waals surface area contributed by atoms with Gasteiger partial charge in [-0.05, 0) is 44.5 Å². The van der Waals surface area contributed by atoms with Crippen LogP contribution in [-0.2, 0) is 19.6 Å². The summed E-state index contributed by atoms with van der Waals surface area (Å²) < 4.78 is 48.2. The van der Waals surface area contributed by atoms with Gasteiger partial charge in [-0.15, -0.1) is 0 Å². The van der Waals surface area contributed by atoms with Gasteiger partial charge in [0.2, 0.25) is 10.0 Å². The highest BCUT2D eigenvalue weighted by Gasteiger charge is 2.44. The molecule has 3 rings (SSSR count). The van der Waals surface area contributed by atoms with E-state index in [2.05, 4.69) is 5.10 Å². The summed E-state index contributed by atoms with van der Waals surface area (Å²) in [4.78, 5) is 11.3. The van der Waals surface area contributed by atoms with E-state index in [-0.39, 0.29) is 17.1 Å². The van der Waals surface area contributed by atoms with Crippen LogP contribution in [0.25, 0.3) is 5.69 Å². The number of hydrogen-bond donors (Lipinski definition) is 1. The van der Waals surface area contributed by atoms with Gasteiger partial charge in [0.05, 0.1) is 23.3 Å². The molecule has 2 aromatic rings. The van der Waals surface area contributed by atoms with Crippen molar-refractivity contribution >= 4 is 16.0 Å². The molecule has 3 atom stereocenters. The lowest BCUT2D eigenvalue weighted by Gasteiger charge is -2.39. The summed E-state index contributed by atoms with van der Waals surface area (Å²) in [5, 5.41) is 13.5. The number of benzene rings is 1. The van der Waals surface area contributed by atoms with E-state index in [0.717, 1.165) is 15.9 Å². The molecule has 0 saturated carbocycles. The molecule has 1 aliphatic heterocycles. The molecule has 0 spiro atoms. The Bertz CT molecular complexity index is 975. The molecule has 1 saturated heterocycles. The van der Waals surface area contributed by atoms with Crippen molar-refractivity contribution in [3.05, 3.63) is 42.0 Å². The third kappa shape index (κ3) is 3.60. The molecular formula is C17H20FN3O5S. The SMILES string of the molecule is Cc1cnn(-c2ccc(S(=O)(=O)N3CC(C)OC(C)C3C(=O)O)cc2F)c1. The highest BCUT2D eigenvalue weighted by Crippen LogP contribution is 2.28. The van der Waals surface area contributed by atoms with Crippen LogP contribution in [-0.4, -0.2) is 58.4 Å². The maximum Gasteiger partial charge on any atom is 0.324 e. The van der Waals surface area contributed by atoms with Crippen LogP contribution in [0, 0.1) is 12.7 Å². The number of carboxylic acids is 1. The maximum absolute atomic E-state index is 14.6. The number of aliphatic carboxylic acids is 1. The first-order chi connectivity index (χ1) is 12.6. The van der Waals surface area contributed by atoms with Crippen molar-refractivity contribution in [1.82, 2.24) is 14.1 Å². The number of nitrogens with zero attached hydrogens (tertiary/aromatic N) is 3. The van der Waals surface area contributed by atoms with Crippen molar-refractivity contribution in [2.75, 3.05) is 6.54 Å². The van der Waals surface area contributed by atoms with E-state index >= 15 is 0 Å². The molecule has 27 heavy (non-hydrogen) atoms. The lowest BCUT2D eigenvalue weighted by Crippen LogP contribution is -2.58. The number of halogens is 1. The van der Waals surface area contributed by atoms with Crippen molar-refractivity contribution in [2.24, 2.45) is 0 Å². The zero-order valence-corrected chi connectivity index (χ0v) is 15.9. The first-order valence-electron chi connectivity index (χ1n) is 8.32. The van der Waals surface area contributed by atoms with E-state index < -0.39 is 40.1 Å². The molecule has 1 fully saturated rings. The highest BCUT2D eigenvalue weighted by atomic mass is 32.2. The number of aryl methyl sites for hydroxylation is 1. The molecular weight excluding hydrogens is 377 g/mol. The standard InChI is InChI=1S/C17H20FN3O5S/c1-10-7-19-20(8-10)15-5-4-13(6-14(15)18)27(24,25)21-9-11(2)26-12(3)16(21)17(22)23/h4-8,11-12,16H,9H2,1-3H3,(H,22,23). The van der Waals surface area contributed by atoms with E-state index in [4.69, 9.17) is 4.74 Å². The second kappa shape index (κ2) is 7.02. The Kier molecular flexibility index (Phi) is 5.06. The predicted octanol–water partition coefficient (Wildman–Crippen LogP) is 1.57. The Hall–Kier alpha value is -2.30. The Labute approximate surface area is 156 Å². The first-order valence-corrected chi connectivity index (χ1v) is 9.76. The van der Waals surface area contributed by atoms with Gasteiger partial charge in [-0.25, -0.2) is 17.5 Å². The van der Waals surface area contributed by atoms with Crippen LogP contribution >= 0.6 is 0 Å². The first kappa shape index (κ1) is 19.5. The zero-order chi connectivity index (χ0) is 19.9. The molecule has 0 bridgehead atoms. The quantitative estimate of drug-likeness (QED) is 0.840. The zero-order valence-electron chi connectivity index (χ0n) is 15.0. The van der Waals surface area contributed by atoms with Crippen molar-refractivity contribution < 1.29 is 27.4 Å². The molecule has 0 amide bonds. The van der Waals surface area contributed by atoms with E-state index in [1.807, 2.05) is 0 Å². The van der Waals surface area contributed by atoms with E-state index in [1.54, 1.807) is 26.2 Å². The number of rotatable bonds is 4. The summed E-state index contributed by atoms with van der Waals surface area (Å²) in [5.74, 6) is -2.09. The molecule has 2 heterocycles. The predicted molar refractivity (Wildman–Crippen MR) is 93.6 cm³/mol. The van der Waals surface area contributed by atoms with Gasteiger partial charge < -0.3 is 9.84 Å². The molecule has 8 nitrogen and oxygen atoms in total. The summed E-state index contributed by atoms with van der Waals surface area (Å²) in [6.45, 7) is 4.82. The van der Waals surface area contributed by atoms with Gasteiger partial charge in [0.15, 0.2) is 0 Å². The Morgan fingerprint density at radius 3 is 2.63 bits per heavy atom. The van der Waals surface area contributed by atoms with Gasteiger partial charge in [-0.2, -0.15) is 9.40 Å². The van der Waals surface area contributed by atoms with Crippen molar-refractivity contribution in [1.29, 1.82) is 0 Å². The van der Waals surface area contributed by atoms with Gasteiger partial charge in [-0.3, -0.25) is 4.79 Å². The molecule has 1 aliphatic rings. The van der Waals surface area contributed by atoms with Crippen molar-refractivity contribution in [3.8, 4) is 5.69 Å². The number of sulfonamides is 1. The fourth-order valence-corrected chi connectivity index (χ4v) is 4.90. The minimum Gasteiger partial charge on any atom is -0.480 e. The third-order valence-corrected chi connectivity index (χ3v) is 6.22. The molecule has 0 aliphatic carbocycles. The summed E-state index contributed by atoms with van der Waals surface area (Å²) in [6.07, 6.45) is 1.84. The summed E-state index contributed by atoms with van der Waals surface area (Å²) in [7, 11) is -4.24. The Balaban J connectivity index is 2.01. The van der Waals surface area contributed by atoms with Crippen LogP contribution in [0.15, 0.2) is 35.5 Å². The second-order valence-corrected chi connectivity index (χ2v) is 8.48. The van der Waals surface area contributed by atoms with Crippen LogP contribution in [0.3, 0.4) is 0 Å². The molecule has 0 radical (unpaired) electrons. The highest BCUT2D eigenvalue weighted by molar-refractivity contribution is 7.89.